The van der Waals surface area contributed by atoms with Crippen LogP contribution in [-0.4, -0.2) is 51.8 Å². The Morgan fingerprint density at radius 2 is 1.47 bits per heavy atom. The lowest BCUT2D eigenvalue weighted by atomic mass is 10.4. The van der Waals surface area contributed by atoms with Crippen molar-refractivity contribution in [3.63, 3.8) is 0 Å². The SMILES string of the molecule is C=CCOCC(C)OCC(C)OCC(C)OC. The van der Waals surface area contributed by atoms with Crippen molar-refractivity contribution >= 4 is 0 Å². The molecule has 3 unspecified atom stereocenters. The van der Waals surface area contributed by atoms with Gasteiger partial charge < -0.3 is 18.9 Å². The van der Waals surface area contributed by atoms with E-state index in [4.69, 9.17) is 18.9 Å². The van der Waals surface area contributed by atoms with Crippen molar-refractivity contribution in [2.75, 3.05) is 33.5 Å². The summed E-state index contributed by atoms with van der Waals surface area (Å²) in [6, 6.07) is 0. The zero-order valence-electron chi connectivity index (χ0n) is 11.5. The fraction of sp³-hybridized carbons (Fsp3) is 0.846. The van der Waals surface area contributed by atoms with Crippen molar-refractivity contribution in [1.82, 2.24) is 0 Å². The standard InChI is InChI=1S/C13H26O4/c1-6-7-15-8-12(3)17-10-13(4)16-9-11(2)14-5/h6,11-13H,1,7-10H2,2-5H3. The summed E-state index contributed by atoms with van der Waals surface area (Å²) in [7, 11) is 1.67. The monoisotopic (exact) mass is 246 g/mol. The van der Waals surface area contributed by atoms with Crippen molar-refractivity contribution in [3.8, 4) is 0 Å². The topological polar surface area (TPSA) is 36.9 Å². The van der Waals surface area contributed by atoms with Crippen LogP contribution in [0.2, 0.25) is 0 Å². The fourth-order valence-corrected chi connectivity index (χ4v) is 1.08. The molecule has 0 aliphatic heterocycles. The molecule has 0 spiro atoms. The highest BCUT2D eigenvalue weighted by molar-refractivity contribution is 4.64. The van der Waals surface area contributed by atoms with E-state index in [0.29, 0.717) is 26.4 Å². The van der Waals surface area contributed by atoms with Gasteiger partial charge in [0.15, 0.2) is 0 Å². The van der Waals surface area contributed by atoms with Gasteiger partial charge in [0.25, 0.3) is 0 Å². The highest BCUT2D eigenvalue weighted by atomic mass is 16.6. The molecule has 0 aromatic heterocycles. The van der Waals surface area contributed by atoms with E-state index in [0.717, 1.165) is 0 Å². The average Bonchev–Trinajstić information content (AvgIpc) is 2.33. The van der Waals surface area contributed by atoms with Gasteiger partial charge >= 0.3 is 0 Å². The Kier molecular flexibility index (Phi) is 10.5. The molecule has 0 N–H and O–H groups in total. The van der Waals surface area contributed by atoms with Crippen LogP contribution in [0.25, 0.3) is 0 Å². The molecule has 0 saturated heterocycles. The molecular weight excluding hydrogens is 220 g/mol. The zero-order chi connectivity index (χ0) is 13.1. The fourth-order valence-electron chi connectivity index (χ4n) is 1.08. The maximum atomic E-state index is 5.59. The zero-order valence-corrected chi connectivity index (χ0v) is 11.5. The summed E-state index contributed by atoms with van der Waals surface area (Å²) in [6.07, 6.45) is 1.98. The van der Waals surface area contributed by atoms with Crippen LogP contribution in [-0.2, 0) is 18.9 Å². The minimum Gasteiger partial charge on any atom is -0.379 e. The number of hydrogen-bond donors (Lipinski definition) is 0. The number of rotatable bonds is 11. The van der Waals surface area contributed by atoms with Gasteiger partial charge in [0.2, 0.25) is 0 Å². The van der Waals surface area contributed by atoms with E-state index < -0.39 is 0 Å². The molecule has 0 amide bonds. The van der Waals surface area contributed by atoms with Gasteiger partial charge in [0.05, 0.1) is 44.7 Å². The van der Waals surface area contributed by atoms with Crippen LogP contribution < -0.4 is 0 Å². The summed E-state index contributed by atoms with van der Waals surface area (Å²) < 4.78 is 21.5. The van der Waals surface area contributed by atoms with Crippen LogP contribution in [0.4, 0.5) is 0 Å². The Hall–Kier alpha value is -0.420. The van der Waals surface area contributed by atoms with E-state index in [1.165, 1.54) is 0 Å². The lowest BCUT2D eigenvalue weighted by molar-refractivity contribution is -0.0728. The smallest absolute Gasteiger partial charge is 0.0781 e. The summed E-state index contributed by atoms with van der Waals surface area (Å²) in [4.78, 5) is 0. The first kappa shape index (κ1) is 16.6. The third-order valence-electron chi connectivity index (χ3n) is 2.22. The van der Waals surface area contributed by atoms with Crippen molar-refractivity contribution in [1.29, 1.82) is 0 Å². The highest BCUT2D eigenvalue weighted by Gasteiger charge is 2.08. The molecule has 4 nitrogen and oxygen atoms in total. The Bertz CT molecular complexity index is 184. The van der Waals surface area contributed by atoms with Gasteiger partial charge in [-0.25, -0.2) is 0 Å². The molecule has 3 atom stereocenters. The molecule has 102 valence electrons. The molecule has 0 aromatic rings. The summed E-state index contributed by atoms with van der Waals surface area (Å²) in [6.45, 7) is 11.8. The van der Waals surface area contributed by atoms with Crippen molar-refractivity contribution in [3.05, 3.63) is 12.7 Å². The Morgan fingerprint density at radius 1 is 0.941 bits per heavy atom. The van der Waals surface area contributed by atoms with E-state index >= 15 is 0 Å². The molecule has 0 fully saturated rings. The Morgan fingerprint density at radius 3 is 2.00 bits per heavy atom. The molecule has 17 heavy (non-hydrogen) atoms. The molecule has 0 aliphatic carbocycles. The Labute approximate surface area is 105 Å². The summed E-state index contributed by atoms with van der Waals surface area (Å²) >= 11 is 0. The quantitative estimate of drug-likeness (QED) is 0.413. The minimum atomic E-state index is 0.0643. The molecule has 0 aliphatic rings. The van der Waals surface area contributed by atoms with Gasteiger partial charge in [-0.15, -0.1) is 6.58 Å². The van der Waals surface area contributed by atoms with Crippen LogP contribution >= 0.6 is 0 Å². The number of methoxy groups -OCH3 is 1. The second-order valence-electron chi connectivity index (χ2n) is 4.16. The summed E-state index contributed by atoms with van der Waals surface area (Å²) in [5.41, 5.74) is 0. The van der Waals surface area contributed by atoms with Crippen molar-refractivity contribution < 1.29 is 18.9 Å². The third-order valence-corrected chi connectivity index (χ3v) is 2.22. The number of ether oxygens (including phenoxy) is 4. The number of hydrogen-bond acceptors (Lipinski definition) is 4. The maximum Gasteiger partial charge on any atom is 0.0781 e. The van der Waals surface area contributed by atoms with Gasteiger partial charge in [-0.2, -0.15) is 0 Å². The Balaban J connectivity index is 3.47. The molecule has 0 aromatic carbocycles. The van der Waals surface area contributed by atoms with Gasteiger partial charge in [-0.3, -0.25) is 0 Å². The molecule has 0 heterocycles. The molecule has 4 heteroatoms. The summed E-state index contributed by atoms with van der Waals surface area (Å²) in [5.74, 6) is 0. The largest absolute Gasteiger partial charge is 0.379 e. The second kappa shape index (κ2) is 10.7. The molecule has 0 rings (SSSR count). The van der Waals surface area contributed by atoms with E-state index in [2.05, 4.69) is 6.58 Å². The van der Waals surface area contributed by atoms with Gasteiger partial charge in [-0.05, 0) is 20.8 Å². The van der Waals surface area contributed by atoms with Crippen LogP contribution in [0, 0.1) is 0 Å². The van der Waals surface area contributed by atoms with Crippen LogP contribution in [0.5, 0.6) is 0 Å². The molecule has 0 saturated carbocycles. The highest BCUT2D eigenvalue weighted by Crippen LogP contribution is 1.99. The summed E-state index contributed by atoms with van der Waals surface area (Å²) in [5, 5.41) is 0. The molecule has 0 radical (unpaired) electrons. The van der Waals surface area contributed by atoms with Crippen LogP contribution in [0.15, 0.2) is 12.7 Å². The first-order valence-corrected chi connectivity index (χ1v) is 6.04. The van der Waals surface area contributed by atoms with Gasteiger partial charge in [0, 0.05) is 7.11 Å². The predicted octanol–water partition coefficient (Wildman–Crippen LogP) is 2.03. The first-order chi connectivity index (χ1) is 8.10. The maximum absolute atomic E-state index is 5.59. The van der Waals surface area contributed by atoms with Crippen LogP contribution in [0.3, 0.4) is 0 Å². The molecular formula is C13H26O4. The lowest BCUT2D eigenvalue weighted by Gasteiger charge is -2.19. The lowest BCUT2D eigenvalue weighted by Crippen LogP contribution is -2.26. The predicted molar refractivity (Wildman–Crippen MR) is 68.3 cm³/mol. The average molecular weight is 246 g/mol. The van der Waals surface area contributed by atoms with E-state index in [1.807, 2.05) is 20.8 Å². The van der Waals surface area contributed by atoms with Crippen molar-refractivity contribution in [2.24, 2.45) is 0 Å². The molecule has 0 bridgehead atoms. The second-order valence-corrected chi connectivity index (χ2v) is 4.16. The first-order valence-electron chi connectivity index (χ1n) is 6.04. The van der Waals surface area contributed by atoms with E-state index in [-0.39, 0.29) is 18.3 Å². The van der Waals surface area contributed by atoms with Crippen LogP contribution in [0.1, 0.15) is 20.8 Å². The van der Waals surface area contributed by atoms with Crippen molar-refractivity contribution in [2.45, 2.75) is 39.1 Å². The third kappa shape index (κ3) is 10.5. The van der Waals surface area contributed by atoms with Gasteiger partial charge in [0.1, 0.15) is 0 Å². The van der Waals surface area contributed by atoms with Gasteiger partial charge in [-0.1, -0.05) is 6.08 Å². The van der Waals surface area contributed by atoms with E-state index in [1.54, 1.807) is 13.2 Å². The van der Waals surface area contributed by atoms with E-state index in [9.17, 15) is 0 Å². The normalized spacial score (nSPS) is 16.5. The minimum absolute atomic E-state index is 0.0643.